The van der Waals surface area contributed by atoms with Crippen molar-refractivity contribution in [3.05, 3.63) is 41.8 Å². The molecule has 0 aliphatic heterocycles. The second-order valence-corrected chi connectivity index (χ2v) is 3.51. The van der Waals surface area contributed by atoms with Crippen LogP contribution in [0.1, 0.15) is 17.3 Å². The summed E-state index contributed by atoms with van der Waals surface area (Å²) in [5.74, 6) is 1.30. The Labute approximate surface area is 93.9 Å². The molecule has 0 fully saturated rings. The molecule has 1 N–H and O–H groups in total. The van der Waals surface area contributed by atoms with E-state index in [-0.39, 0.29) is 0 Å². The molecule has 2 aromatic rings. The van der Waals surface area contributed by atoms with E-state index < -0.39 is 0 Å². The van der Waals surface area contributed by atoms with Crippen molar-refractivity contribution in [3.63, 3.8) is 0 Å². The molecule has 16 heavy (non-hydrogen) atoms. The van der Waals surface area contributed by atoms with E-state index in [2.05, 4.69) is 20.4 Å². The average Bonchev–Trinajstić information content (AvgIpc) is 2.72. The zero-order chi connectivity index (χ0) is 11.2. The van der Waals surface area contributed by atoms with E-state index in [1.165, 1.54) is 5.56 Å². The minimum Gasteiger partial charge on any atom is -0.340 e. The summed E-state index contributed by atoms with van der Waals surface area (Å²) in [6, 6.07) is 4.03. The van der Waals surface area contributed by atoms with Gasteiger partial charge in [0.05, 0.1) is 6.54 Å². The van der Waals surface area contributed by atoms with Gasteiger partial charge in [0.2, 0.25) is 5.89 Å². The van der Waals surface area contributed by atoms with E-state index >= 15 is 0 Å². The van der Waals surface area contributed by atoms with Crippen LogP contribution in [-0.2, 0) is 13.0 Å². The third-order valence-corrected chi connectivity index (χ3v) is 2.19. The highest BCUT2D eigenvalue weighted by Crippen LogP contribution is 1.97. The third kappa shape index (κ3) is 3.13. The number of nitrogens with one attached hydrogen (secondary N) is 1. The molecule has 0 saturated carbocycles. The molecule has 0 spiro atoms. The maximum Gasteiger partial charge on any atom is 0.223 e. The fraction of sp³-hybridized carbons (Fsp3) is 0.364. The summed E-state index contributed by atoms with van der Waals surface area (Å²) in [5.41, 5.74) is 1.27. The molecule has 0 saturated heterocycles. The number of aromatic nitrogens is 3. The van der Waals surface area contributed by atoms with Crippen LogP contribution in [0.25, 0.3) is 0 Å². The Balaban J connectivity index is 1.69. The van der Waals surface area contributed by atoms with Crippen LogP contribution in [0.5, 0.6) is 0 Å². The van der Waals surface area contributed by atoms with Gasteiger partial charge in [-0.05, 0) is 30.7 Å². The molecule has 2 rings (SSSR count). The number of rotatable bonds is 5. The lowest BCUT2D eigenvalue weighted by atomic mass is 10.2. The van der Waals surface area contributed by atoms with Crippen molar-refractivity contribution in [1.29, 1.82) is 0 Å². The van der Waals surface area contributed by atoms with E-state index in [0.29, 0.717) is 18.3 Å². The summed E-state index contributed by atoms with van der Waals surface area (Å²) in [6.07, 6.45) is 4.58. The Bertz CT molecular complexity index is 427. The Hall–Kier alpha value is -1.75. The SMILES string of the molecule is Cc1nc(CNCCc2ccncc2)no1. The third-order valence-electron chi connectivity index (χ3n) is 2.19. The van der Waals surface area contributed by atoms with Crippen molar-refractivity contribution in [2.45, 2.75) is 19.9 Å². The standard InChI is InChI=1S/C11H14N4O/c1-9-14-11(15-16-9)8-13-7-4-10-2-5-12-6-3-10/h2-3,5-6,13H,4,7-8H2,1H3. The van der Waals surface area contributed by atoms with Gasteiger partial charge in [0, 0.05) is 19.3 Å². The molecule has 5 nitrogen and oxygen atoms in total. The molecule has 2 aromatic heterocycles. The number of aryl methyl sites for hydroxylation is 1. The molecule has 0 amide bonds. The first-order chi connectivity index (χ1) is 7.84. The summed E-state index contributed by atoms with van der Waals surface area (Å²) in [6.45, 7) is 3.31. The van der Waals surface area contributed by atoms with Gasteiger partial charge in [-0.25, -0.2) is 0 Å². The Morgan fingerprint density at radius 2 is 2.12 bits per heavy atom. The minimum atomic E-state index is 0.603. The lowest BCUT2D eigenvalue weighted by molar-refractivity contribution is 0.385. The van der Waals surface area contributed by atoms with E-state index in [1.807, 2.05) is 12.1 Å². The van der Waals surface area contributed by atoms with Gasteiger partial charge in [-0.1, -0.05) is 5.16 Å². The lowest BCUT2D eigenvalue weighted by Crippen LogP contribution is -2.17. The van der Waals surface area contributed by atoms with Crippen molar-refractivity contribution in [2.24, 2.45) is 0 Å². The van der Waals surface area contributed by atoms with Crippen LogP contribution in [0.15, 0.2) is 29.0 Å². The molecule has 0 aromatic carbocycles. The maximum atomic E-state index is 4.87. The van der Waals surface area contributed by atoms with Crippen LogP contribution in [0, 0.1) is 6.92 Å². The largest absolute Gasteiger partial charge is 0.340 e. The normalized spacial score (nSPS) is 10.6. The number of hydrogen-bond donors (Lipinski definition) is 1. The topological polar surface area (TPSA) is 63.8 Å². The highest BCUT2D eigenvalue weighted by atomic mass is 16.5. The van der Waals surface area contributed by atoms with Crippen LogP contribution in [0.2, 0.25) is 0 Å². The molecule has 0 radical (unpaired) electrons. The van der Waals surface area contributed by atoms with Crippen molar-refractivity contribution in [1.82, 2.24) is 20.4 Å². The quantitative estimate of drug-likeness (QED) is 0.761. The summed E-state index contributed by atoms with van der Waals surface area (Å²) in [4.78, 5) is 8.08. The molecule has 2 heterocycles. The van der Waals surface area contributed by atoms with Gasteiger partial charge in [0.15, 0.2) is 5.82 Å². The molecule has 0 bridgehead atoms. The van der Waals surface area contributed by atoms with Gasteiger partial charge in [-0.2, -0.15) is 4.98 Å². The monoisotopic (exact) mass is 218 g/mol. The molecule has 0 aliphatic carbocycles. The van der Waals surface area contributed by atoms with Crippen LogP contribution < -0.4 is 5.32 Å². The first-order valence-electron chi connectivity index (χ1n) is 5.23. The van der Waals surface area contributed by atoms with Crippen molar-refractivity contribution >= 4 is 0 Å². The van der Waals surface area contributed by atoms with Gasteiger partial charge in [0.1, 0.15) is 0 Å². The second kappa shape index (κ2) is 5.37. The Morgan fingerprint density at radius 1 is 1.31 bits per heavy atom. The predicted octanol–water partition coefficient (Wildman–Crippen LogP) is 1.11. The van der Waals surface area contributed by atoms with Crippen molar-refractivity contribution in [2.75, 3.05) is 6.54 Å². The number of hydrogen-bond acceptors (Lipinski definition) is 5. The smallest absolute Gasteiger partial charge is 0.223 e. The van der Waals surface area contributed by atoms with Crippen LogP contribution in [0.3, 0.4) is 0 Å². The van der Waals surface area contributed by atoms with E-state index in [4.69, 9.17) is 4.52 Å². The molecule has 0 unspecified atom stereocenters. The number of nitrogens with zero attached hydrogens (tertiary/aromatic N) is 3. The van der Waals surface area contributed by atoms with Gasteiger partial charge in [0.25, 0.3) is 0 Å². The predicted molar refractivity (Wildman–Crippen MR) is 58.7 cm³/mol. The zero-order valence-electron chi connectivity index (χ0n) is 9.18. The molecule has 84 valence electrons. The molecular weight excluding hydrogens is 204 g/mol. The fourth-order valence-corrected chi connectivity index (χ4v) is 1.40. The average molecular weight is 218 g/mol. The van der Waals surface area contributed by atoms with Gasteiger partial charge in [-0.15, -0.1) is 0 Å². The summed E-state index contributed by atoms with van der Waals surface area (Å²) < 4.78 is 4.87. The lowest BCUT2D eigenvalue weighted by Gasteiger charge is -2.01. The summed E-state index contributed by atoms with van der Waals surface area (Å²) >= 11 is 0. The highest BCUT2D eigenvalue weighted by Gasteiger charge is 2.00. The molecule has 0 aliphatic rings. The van der Waals surface area contributed by atoms with Gasteiger partial charge >= 0.3 is 0 Å². The minimum absolute atomic E-state index is 0.603. The summed E-state index contributed by atoms with van der Waals surface area (Å²) in [5, 5.41) is 7.06. The van der Waals surface area contributed by atoms with Gasteiger partial charge in [-0.3, -0.25) is 4.98 Å². The number of pyridine rings is 1. The van der Waals surface area contributed by atoms with Crippen LogP contribution >= 0.6 is 0 Å². The Morgan fingerprint density at radius 3 is 2.81 bits per heavy atom. The first-order valence-corrected chi connectivity index (χ1v) is 5.23. The van der Waals surface area contributed by atoms with Crippen molar-refractivity contribution in [3.8, 4) is 0 Å². The van der Waals surface area contributed by atoms with E-state index in [9.17, 15) is 0 Å². The maximum absolute atomic E-state index is 4.87. The van der Waals surface area contributed by atoms with Crippen molar-refractivity contribution < 1.29 is 4.52 Å². The van der Waals surface area contributed by atoms with Crippen LogP contribution in [0.4, 0.5) is 0 Å². The molecule has 5 heteroatoms. The van der Waals surface area contributed by atoms with E-state index in [1.54, 1.807) is 19.3 Å². The fourth-order valence-electron chi connectivity index (χ4n) is 1.40. The highest BCUT2D eigenvalue weighted by molar-refractivity contribution is 5.09. The molecule has 0 atom stereocenters. The van der Waals surface area contributed by atoms with Gasteiger partial charge < -0.3 is 9.84 Å². The zero-order valence-corrected chi connectivity index (χ0v) is 9.18. The Kier molecular flexibility index (Phi) is 3.61. The first kappa shape index (κ1) is 10.8. The summed E-state index contributed by atoms with van der Waals surface area (Å²) in [7, 11) is 0. The van der Waals surface area contributed by atoms with E-state index in [0.717, 1.165) is 13.0 Å². The second-order valence-electron chi connectivity index (χ2n) is 3.51. The molecular formula is C11H14N4O. The van der Waals surface area contributed by atoms with Crippen LogP contribution in [-0.4, -0.2) is 21.7 Å².